The Bertz CT molecular complexity index is 247. The Morgan fingerprint density at radius 2 is 0.760 bits per heavy atom. The van der Waals surface area contributed by atoms with Crippen LogP contribution in [0.25, 0.3) is 0 Å². The minimum atomic E-state index is -3.21. The summed E-state index contributed by atoms with van der Waals surface area (Å²) in [6.07, 6.45) is 0. The van der Waals surface area contributed by atoms with Gasteiger partial charge >= 0.3 is 26.4 Å². The molecular formula is C15H52O7Si3. The zero-order valence-electron chi connectivity index (χ0n) is 12.4. The van der Waals surface area contributed by atoms with Gasteiger partial charge in [0, 0.05) is 42.1 Å². The second-order valence-electron chi connectivity index (χ2n) is 3.99. The third-order valence-electron chi connectivity index (χ3n) is 2.35. The monoisotopic (exact) mass is 428 g/mol. The van der Waals surface area contributed by atoms with Crippen LogP contribution in [0.2, 0.25) is 19.6 Å². The van der Waals surface area contributed by atoms with Crippen LogP contribution in [0.15, 0.2) is 0 Å². The largest absolute Gasteiger partial charge is 0.671 e. The van der Waals surface area contributed by atoms with Gasteiger partial charge in [0.1, 0.15) is 0 Å². The molecule has 0 rings (SSSR count). The molecule has 0 aromatic rings. The van der Waals surface area contributed by atoms with Gasteiger partial charge in [0.15, 0.2) is 0 Å². The van der Waals surface area contributed by atoms with Crippen molar-refractivity contribution in [3.05, 3.63) is 0 Å². The molecule has 0 spiro atoms. The number of hydrogen-bond acceptors (Lipinski definition) is 7. The maximum Gasteiger partial charge on any atom is 0.671 e. The van der Waals surface area contributed by atoms with Gasteiger partial charge in [0.25, 0.3) is 0 Å². The lowest BCUT2D eigenvalue weighted by Gasteiger charge is -2.36. The Balaban J connectivity index is -0.0000000688. The third-order valence-corrected chi connectivity index (χ3v) is 11.5. The molecule has 0 bridgehead atoms. The van der Waals surface area contributed by atoms with Crippen LogP contribution in [0.3, 0.4) is 0 Å². The first-order chi connectivity index (χ1) is 8.22. The molecule has 7 nitrogen and oxygen atoms in total. The second-order valence-corrected chi connectivity index (χ2v) is 13.2. The van der Waals surface area contributed by atoms with E-state index < -0.39 is 26.4 Å². The summed E-state index contributed by atoms with van der Waals surface area (Å²) >= 11 is 0. The molecule has 0 radical (unpaired) electrons. The van der Waals surface area contributed by atoms with Crippen LogP contribution in [0.1, 0.15) is 52.0 Å². The molecular weight excluding hydrogens is 376 g/mol. The quantitative estimate of drug-likeness (QED) is 0.455. The lowest BCUT2D eigenvalue weighted by molar-refractivity contribution is 0.0213. The predicted octanol–water partition coefficient (Wildman–Crippen LogP) is 5.41. The third kappa shape index (κ3) is 16.3. The van der Waals surface area contributed by atoms with Crippen LogP contribution in [-0.4, -0.2) is 62.0 Å². The molecule has 166 valence electrons. The lowest BCUT2D eigenvalue weighted by Crippen LogP contribution is -2.60. The fraction of sp³-hybridized carbons (Fsp3) is 1.00. The average molecular weight is 429 g/mol. The van der Waals surface area contributed by atoms with E-state index in [0.29, 0.717) is 0 Å². The van der Waals surface area contributed by atoms with Crippen LogP contribution in [-0.2, 0) is 30.4 Å². The minimum Gasteiger partial charge on any atom is -0.398 e. The Hall–Kier alpha value is 0.371. The molecule has 0 N–H and O–H groups in total. The molecule has 1 unspecified atom stereocenters. The van der Waals surface area contributed by atoms with E-state index in [9.17, 15) is 0 Å². The molecule has 0 fully saturated rings. The summed E-state index contributed by atoms with van der Waals surface area (Å²) in [4.78, 5) is 0. The van der Waals surface area contributed by atoms with Crippen LogP contribution in [0.5, 0.6) is 0 Å². The zero-order valence-corrected chi connectivity index (χ0v) is 15.4. The van der Waals surface area contributed by atoms with Crippen molar-refractivity contribution in [3.63, 3.8) is 0 Å². The molecule has 25 heavy (non-hydrogen) atoms. The summed E-state index contributed by atoms with van der Waals surface area (Å²) in [5, 5.41) is 0. The Morgan fingerprint density at radius 1 is 0.440 bits per heavy atom. The topological polar surface area (TPSA) is 64.6 Å². The van der Waals surface area contributed by atoms with Gasteiger partial charge in [-0.05, 0) is 13.1 Å². The molecule has 0 saturated carbocycles. The van der Waals surface area contributed by atoms with Crippen molar-refractivity contribution in [2.75, 3.05) is 35.5 Å². The van der Waals surface area contributed by atoms with Gasteiger partial charge < -0.3 is 30.4 Å². The normalized spacial score (nSPS) is 12.0. The first-order valence-electron chi connectivity index (χ1n) is 5.38. The Kier molecular flexibility index (Phi) is 41.3. The SMILES string of the molecule is C.C.C.C.C.C.C.CO[Si](C)(C)O[Si](C)(OC)O[Si](OC)(OC)OC. The maximum atomic E-state index is 5.89. The van der Waals surface area contributed by atoms with Gasteiger partial charge in [0.05, 0.1) is 0 Å². The number of rotatable bonds is 9. The van der Waals surface area contributed by atoms with Crippen molar-refractivity contribution in [2.24, 2.45) is 0 Å². The summed E-state index contributed by atoms with van der Waals surface area (Å²) in [7, 11) is -0.962. The highest BCUT2D eigenvalue weighted by Gasteiger charge is 2.54. The smallest absolute Gasteiger partial charge is 0.398 e. The number of hydrogen-bond donors (Lipinski definition) is 0. The summed E-state index contributed by atoms with van der Waals surface area (Å²) in [5.74, 6) is 0. The fourth-order valence-electron chi connectivity index (χ4n) is 1.19. The summed E-state index contributed by atoms with van der Waals surface area (Å²) in [6.45, 7) is 5.55. The van der Waals surface area contributed by atoms with E-state index in [1.807, 2.05) is 13.1 Å². The van der Waals surface area contributed by atoms with Crippen molar-refractivity contribution in [1.82, 2.24) is 0 Å². The first kappa shape index (κ1) is 49.9. The van der Waals surface area contributed by atoms with E-state index in [2.05, 4.69) is 0 Å². The highest BCUT2D eigenvalue weighted by Crippen LogP contribution is 2.22. The minimum absolute atomic E-state index is 0. The molecule has 0 aliphatic rings. The van der Waals surface area contributed by atoms with E-state index in [0.717, 1.165) is 0 Å². The van der Waals surface area contributed by atoms with Crippen LogP contribution in [0, 0.1) is 0 Å². The summed E-state index contributed by atoms with van der Waals surface area (Å²) in [5.41, 5.74) is 0. The van der Waals surface area contributed by atoms with E-state index in [-0.39, 0.29) is 52.0 Å². The lowest BCUT2D eigenvalue weighted by atomic mass is 11.8. The highest BCUT2D eigenvalue weighted by atomic mass is 28.5. The van der Waals surface area contributed by atoms with Gasteiger partial charge in [0.2, 0.25) is 0 Å². The summed E-state index contributed by atoms with van der Waals surface area (Å²) < 4.78 is 38.0. The molecule has 10 heteroatoms. The molecule has 0 heterocycles. The van der Waals surface area contributed by atoms with Crippen molar-refractivity contribution < 1.29 is 30.4 Å². The van der Waals surface area contributed by atoms with Crippen LogP contribution >= 0.6 is 0 Å². The summed E-state index contributed by atoms with van der Waals surface area (Å²) in [6, 6.07) is 0. The molecule has 0 amide bonds. The van der Waals surface area contributed by atoms with E-state index in [1.54, 1.807) is 13.7 Å². The predicted molar refractivity (Wildman–Crippen MR) is 119 cm³/mol. The van der Waals surface area contributed by atoms with Crippen molar-refractivity contribution >= 4 is 26.4 Å². The van der Waals surface area contributed by atoms with E-state index in [4.69, 9.17) is 30.4 Å². The standard InChI is InChI=1S/C8H24O7Si3.7CH4/c1-9-16(6,7)14-17(8,10-2)15-18(11-3,12-4)13-5;;;;;;;/h1-8H3;7*1H4. The van der Waals surface area contributed by atoms with Gasteiger partial charge in [-0.3, -0.25) is 0 Å². The van der Waals surface area contributed by atoms with Crippen LogP contribution < -0.4 is 0 Å². The second kappa shape index (κ2) is 20.7. The molecule has 0 aromatic carbocycles. The average Bonchev–Trinajstić information content (AvgIpc) is 2.36. The highest BCUT2D eigenvalue weighted by molar-refractivity contribution is 6.80. The Labute approximate surface area is 164 Å². The maximum absolute atomic E-state index is 5.89. The molecule has 1 atom stereocenters. The molecule has 0 aliphatic heterocycles. The van der Waals surface area contributed by atoms with Crippen molar-refractivity contribution in [3.8, 4) is 0 Å². The fourth-order valence-corrected chi connectivity index (χ4v) is 9.62. The Morgan fingerprint density at radius 3 is 0.960 bits per heavy atom. The van der Waals surface area contributed by atoms with Gasteiger partial charge in [-0.25, -0.2) is 0 Å². The van der Waals surface area contributed by atoms with E-state index in [1.165, 1.54) is 28.4 Å². The van der Waals surface area contributed by atoms with Gasteiger partial charge in [-0.15, -0.1) is 0 Å². The first-order valence-corrected chi connectivity index (χ1v) is 12.1. The van der Waals surface area contributed by atoms with Gasteiger partial charge in [-0.2, -0.15) is 0 Å². The zero-order chi connectivity index (χ0) is 14.4. The van der Waals surface area contributed by atoms with E-state index >= 15 is 0 Å². The van der Waals surface area contributed by atoms with Gasteiger partial charge in [-0.1, -0.05) is 52.0 Å². The van der Waals surface area contributed by atoms with Crippen molar-refractivity contribution in [1.29, 1.82) is 0 Å². The van der Waals surface area contributed by atoms with Crippen LogP contribution in [0.4, 0.5) is 0 Å². The molecule has 0 saturated heterocycles. The van der Waals surface area contributed by atoms with Crippen molar-refractivity contribution in [2.45, 2.75) is 71.6 Å². The molecule has 0 aliphatic carbocycles. The molecule has 0 aromatic heterocycles.